The number of pyridine rings is 1. The molecule has 23 heavy (non-hydrogen) atoms. The molecule has 0 aromatic carbocycles. The molecule has 1 N–H and O–H groups in total. The first-order valence-corrected chi connectivity index (χ1v) is 7.07. The van der Waals surface area contributed by atoms with E-state index in [-0.39, 0.29) is 11.7 Å². The van der Waals surface area contributed by atoms with Crippen molar-refractivity contribution in [1.82, 2.24) is 25.1 Å². The molecule has 0 radical (unpaired) electrons. The Hall–Kier alpha value is -2.45. The quantitative estimate of drug-likeness (QED) is 0.913. The molecule has 0 fully saturated rings. The number of alkyl halides is 3. The number of hydrogen-bond acceptors (Lipinski definition) is 4. The van der Waals surface area contributed by atoms with E-state index in [1.165, 1.54) is 0 Å². The van der Waals surface area contributed by atoms with Crippen molar-refractivity contribution in [3.63, 3.8) is 0 Å². The number of aromatic nitrogens is 4. The summed E-state index contributed by atoms with van der Waals surface area (Å²) in [6.45, 7) is 2.37. The summed E-state index contributed by atoms with van der Waals surface area (Å²) in [4.78, 5) is 15.7. The molecule has 0 saturated carbocycles. The minimum absolute atomic E-state index is 0.0377. The lowest BCUT2D eigenvalue weighted by molar-refractivity contribution is -0.137. The zero-order valence-corrected chi connectivity index (χ0v) is 12.3. The van der Waals surface area contributed by atoms with E-state index in [1.807, 2.05) is 11.5 Å². The third-order valence-corrected chi connectivity index (χ3v) is 3.79. The molecule has 0 saturated heterocycles. The first-order chi connectivity index (χ1) is 10.8. The van der Waals surface area contributed by atoms with E-state index in [0.717, 1.165) is 23.8 Å². The fourth-order valence-corrected chi connectivity index (χ4v) is 2.54. The van der Waals surface area contributed by atoms with Gasteiger partial charge in [0.15, 0.2) is 0 Å². The van der Waals surface area contributed by atoms with Gasteiger partial charge in [0, 0.05) is 25.2 Å². The molecule has 2 aromatic heterocycles. The van der Waals surface area contributed by atoms with Crippen molar-refractivity contribution < 1.29 is 18.0 Å². The number of halogens is 3. The highest BCUT2D eigenvalue weighted by Gasteiger charge is 2.31. The molecule has 3 rings (SSSR count). The SMILES string of the molecule is Cc1nnc2n1C[C@H](NC(=O)c1ccc(C(F)(F)F)cn1)CC2. The number of carbonyl (C=O) groups excluding carboxylic acids is 1. The van der Waals surface area contributed by atoms with E-state index in [2.05, 4.69) is 20.5 Å². The lowest BCUT2D eigenvalue weighted by Crippen LogP contribution is -2.41. The molecular weight excluding hydrogens is 311 g/mol. The Labute approximate surface area is 129 Å². The van der Waals surface area contributed by atoms with Crippen LogP contribution in [-0.4, -0.2) is 31.7 Å². The topological polar surface area (TPSA) is 72.7 Å². The summed E-state index contributed by atoms with van der Waals surface area (Å²) < 4.78 is 39.4. The number of hydrogen-bond donors (Lipinski definition) is 1. The molecule has 0 unspecified atom stereocenters. The largest absolute Gasteiger partial charge is 0.417 e. The van der Waals surface area contributed by atoms with Crippen LogP contribution in [-0.2, 0) is 19.1 Å². The summed E-state index contributed by atoms with van der Waals surface area (Å²) in [5.41, 5.74) is -0.916. The van der Waals surface area contributed by atoms with E-state index >= 15 is 0 Å². The monoisotopic (exact) mass is 325 g/mol. The Kier molecular flexibility index (Phi) is 3.78. The lowest BCUT2D eigenvalue weighted by Gasteiger charge is -2.24. The lowest BCUT2D eigenvalue weighted by atomic mass is 10.1. The van der Waals surface area contributed by atoms with Gasteiger partial charge in [0.25, 0.3) is 5.91 Å². The van der Waals surface area contributed by atoms with Crippen LogP contribution in [0.25, 0.3) is 0 Å². The normalized spacial score (nSPS) is 17.7. The van der Waals surface area contributed by atoms with E-state index in [1.54, 1.807) is 0 Å². The van der Waals surface area contributed by atoms with E-state index in [0.29, 0.717) is 25.6 Å². The van der Waals surface area contributed by atoms with Crippen molar-refractivity contribution in [3.8, 4) is 0 Å². The van der Waals surface area contributed by atoms with Gasteiger partial charge in [-0.1, -0.05) is 0 Å². The van der Waals surface area contributed by atoms with Crippen molar-refractivity contribution in [2.24, 2.45) is 0 Å². The molecule has 1 aliphatic rings. The number of nitrogens with one attached hydrogen (secondary N) is 1. The van der Waals surface area contributed by atoms with E-state index in [4.69, 9.17) is 0 Å². The fraction of sp³-hybridized carbons (Fsp3) is 0.429. The Morgan fingerprint density at radius 1 is 1.35 bits per heavy atom. The molecule has 1 aliphatic heterocycles. The van der Waals surface area contributed by atoms with Crippen LogP contribution in [0.2, 0.25) is 0 Å². The molecule has 0 bridgehead atoms. The van der Waals surface area contributed by atoms with Gasteiger partial charge in [0.2, 0.25) is 0 Å². The van der Waals surface area contributed by atoms with Gasteiger partial charge in [-0.25, -0.2) is 0 Å². The predicted octanol–water partition coefficient (Wildman–Crippen LogP) is 1.75. The molecule has 1 amide bonds. The van der Waals surface area contributed by atoms with Gasteiger partial charge in [-0.2, -0.15) is 13.2 Å². The first-order valence-electron chi connectivity index (χ1n) is 7.07. The number of aryl methyl sites for hydroxylation is 2. The van der Waals surface area contributed by atoms with Gasteiger partial charge in [0.1, 0.15) is 17.3 Å². The van der Waals surface area contributed by atoms with Crippen LogP contribution in [0, 0.1) is 6.92 Å². The summed E-state index contributed by atoms with van der Waals surface area (Å²) in [7, 11) is 0. The summed E-state index contributed by atoms with van der Waals surface area (Å²) in [5, 5.41) is 10.8. The van der Waals surface area contributed by atoms with Gasteiger partial charge < -0.3 is 9.88 Å². The average Bonchev–Trinajstić information content (AvgIpc) is 2.88. The molecule has 122 valence electrons. The Morgan fingerprint density at radius 3 is 2.78 bits per heavy atom. The third-order valence-electron chi connectivity index (χ3n) is 3.79. The second-order valence-corrected chi connectivity index (χ2v) is 5.41. The molecule has 9 heteroatoms. The van der Waals surface area contributed by atoms with Gasteiger partial charge >= 0.3 is 6.18 Å². The zero-order valence-electron chi connectivity index (χ0n) is 12.3. The second kappa shape index (κ2) is 5.64. The average molecular weight is 325 g/mol. The molecule has 6 nitrogen and oxygen atoms in total. The van der Waals surface area contributed by atoms with Crippen LogP contribution >= 0.6 is 0 Å². The minimum Gasteiger partial charge on any atom is -0.346 e. The molecule has 3 heterocycles. The number of nitrogens with zero attached hydrogens (tertiary/aromatic N) is 4. The second-order valence-electron chi connectivity index (χ2n) is 5.41. The predicted molar refractivity (Wildman–Crippen MR) is 73.6 cm³/mol. The molecule has 0 aliphatic carbocycles. The van der Waals surface area contributed by atoms with Crippen LogP contribution in [0.3, 0.4) is 0 Å². The molecule has 1 atom stereocenters. The van der Waals surface area contributed by atoms with Crippen molar-refractivity contribution in [1.29, 1.82) is 0 Å². The summed E-state index contributed by atoms with van der Waals surface area (Å²) in [6, 6.07) is 1.80. The summed E-state index contributed by atoms with van der Waals surface area (Å²) >= 11 is 0. The van der Waals surface area contributed by atoms with E-state index < -0.39 is 17.6 Å². The van der Waals surface area contributed by atoms with Crippen LogP contribution in [0.15, 0.2) is 18.3 Å². The summed E-state index contributed by atoms with van der Waals surface area (Å²) in [5.74, 6) is 1.16. The van der Waals surface area contributed by atoms with Crippen LogP contribution in [0.5, 0.6) is 0 Å². The van der Waals surface area contributed by atoms with Crippen molar-refractivity contribution in [2.75, 3.05) is 0 Å². The Balaban J connectivity index is 1.67. The third kappa shape index (κ3) is 3.17. The number of amides is 1. The maximum absolute atomic E-state index is 12.5. The Morgan fingerprint density at radius 2 is 2.13 bits per heavy atom. The van der Waals surface area contributed by atoms with Crippen LogP contribution < -0.4 is 5.32 Å². The number of rotatable bonds is 2. The smallest absolute Gasteiger partial charge is 0.346 e. The molecule has 2 aromatic rings. The molecular formula is C14H14F3N5O. The van der Waals surface area contributed by atoms with Crippen LogP contribution in [0.1, 0.15) is 34.1 Å². The van der Waals surface area contributed by atoms with E-state index in [9.17, 15) is 18.0 Å². The number of fused-ring (bicyclic) bond motifs is 1. The van der Waals surface area contributed by atoms with Gasteiger partial charge in [0.05, 0.1) is 5.56 Å². The van der Waals surface area contributed by atoms with Gasteiger partial charge in [-0.15, -0.1) is 10.2 Å². The Bertz CT molecular complexity index is 723. The van der Waals surface area contributed by atoms with Crippen LogP contribution in [0.4, 0.5) is 13.2 Å². The number of carbonyl (C=O) groups is 1. The minimum atomic E-state index is -4.46. The van der Waals surface area contributed by atoms with Crippen molar-refractivity contribution in [3.05, 3.63) is 41.2 Å². The molecule has 0 spiro atoms. The fourth-order valence-electron chi connectivity index (χ4n) is 2.54. The van der Waals surface area contributed by atoms with Gasteiger partial charge in [-0.3, -0.25) is 9.78 Å². The first kappa shape index (κ1) is 15.4. The van der Waals surface area contributed by atoms with Crippen molar-refractivity contribution >= 4 is 5.91 Å². The van der Waals surface area contributed by atoms with Gasteiger partial charge in [-0.05, 0) is 25.5 Å². The maximum Gasteiger partial charge on any atom is 0.417 e. The highest BCUT2D eigenvalue weighted by atomic mass is 19.4. The highest BCUT2D eigenvalue weighted by Crippen LogP contribution is 2.28. The van der Waals surface area contributed by atoms with Crippen molar-refractivity contribution in [2.45, 2.75) is 38.5 Å². The zero-order chi connectivity index (χ0) is 16.6. The summed E-state index contributed by atoms with van der Waals surface area (Å²) in [6.07, 6.45) is -2.41. The highest BCUT2D eigenvalue weighted by molar-refractivity contribution is 5.92. The standard InChI is InChI=1S/C14H14F3N5O/c1-8-20-21-12-5-3-10(7-22(8)12)19-13(23)11-4-2-9(6-18-11)14(15,16)17/h2,4,6,10H,3,5,7H2,1H3,(H,19,23)/t10-/m1/s1. The maximum atomic E-state index is 12.5.